The van der Waals surface area contributed by atoms with Gasteiger partial charge in [0.25, 0.3) is 5.95 Å². The van der Waals surface area contributed by atoms with Gasteiger partial charge in [-0.2, -0.15) is 0 Å². The molecule has 1 fully saturated rings. The lowest BCUT2D eigenvalue weighted by Gasteiger charge is -2.36. The van der Waals surface area contributed by atoms with E-state index in [1.807, 2.05) is 18.3 Å². The summed E-state index contributed by atoms with van der Waals surface area (Å²) in [4.78, 5) is 19.5. The lowest BCUT2D eigenvalue weighted by atomic mass is 10.2. The number of carboxylic acid groups (broad SMARTS) is 1. The highest BCUT2D eigenvalue weighted by Gasteiger charge is 2.21. The van der Waals surface area contributed by atoms with Crippen molar-refractivity contribution in [1.29, 1.82) is 0 Å². The molecule has 7 nitrogen and oxygen atoms in total. The van der Waals surface area contributed by atoms with E-state index in [-0.39, 0.29) is 5.95 Å². The summed E-state index contributed by atoms with van der Waals surface area (Å²) in [7, 11) is 0. The molecule has 0 saturated carbocycles. The summed E-state index contributed by atoms with van der Waals surface area (Å²) >= 11 is 6.56. The van der Waals surface area contributed by atoms with Crippen LogP contribution in [0.3, 0.4) is 0 Å². The molecule has 8 heteroatoms. The Labute approximate surface area is 160 Å². The predicted octanol–water partition coefficient (Wildman–Crippen LogP) is 3.86. The van der Waals surface area contributed by atoms with Crippen LogP contribution in [0.1, 0.15) is 5.56 Å². The predicted molar refractivity (Wildman–Crippen MR) is 102 cm³/mol. The molecule has 2 aromatic heterocycles. The molecule has 1 saturated heterocycles. The van der Waals surface area contributed by atoms with Crippen LogP contribution in [-0.2, 0) is 6.54 Å². The van der Waals surface area contributed by atoms with Crippen molar-refractivity contribution < 1.29 is 19.1 Å². The van der Waals surface area contributed by atoms with Gasteiger partial charge < -0.3 is 19.2 Å². The lowest BCUT2D eigenvalue weighted by molar-refractivity contribution is 0.134. The van der Waals surface area contributed by atoms with Crippen LogP contribution in [0.2, 0.25) is 5.02 Å². The van der Waals surface area contributed by atoms with Crippen molar-refractivity contribution in [2.45, 2.75) is 6.54 Å². The topological polar surface area (TPSA) is 79.0 Å². The van der Waals surface area contributed by atoms with Crippen molar-refractivity contribution >= 4 is 34.4 Å². The highest BCUT2D eigenvalue weighted by atomic mass is 35.5. The normalized spacial score (nSPS) is 15.2. The zero-order valence-electron chi connectivity index (χ0n) is 14.5. The molecule has 27 heavy (non-hydrogen) atoms. The van der Waals surface area contributed by atoms with Crippen LogP contribution >= 0.6 is 11.6 Å². The maximum absolute atomic E-state index is 10.7. The molecule has 0 aliphatic carbocycles. The van der Waals surface area contributed by atoms with Gasteiger partial charge in [0.2, 0.25) is 0 Å². The number of hydrogen-bond donors (Lipinski definition) is 1. The highest BCUT2D eigenvalue weighted by Crippen LogP contribution is 2.37. The van der Waals surface area contributed by atoms with Gasteiger partial charge in [0.1, 0.15) is 5.58 Å². The molecular formula is C19H18ClN3O4. The number of anilines is 1. The fourth-order valence-electron chi connectivity index (χ4n) is 3.32. The zero-order valence-corrected chi connectivity index (χ0v) is 15.2. The molecule has 0 radical (unpaired) electrons. The van der Waals surface area contributed by atoms with Crippen molar-refractivity contribution in [3.8, 4) is 5.95 Å². The minimum absolute atomic E-state index is 0.0853. The van der Waals surface area contributed by atoms with Gasteiger partial charge in [-0.05, 0) is 23.8 Å². The van der Waals surface area contributed by atoms with Gasteiger partial charge in [-0.3, -0.25) is 9.88 Å². The van der Waals surface area contributed by atoms with Crippen LogP contribution in [0.15, 0.2) is 47.1 Å². The molecule has 0 amide bonds. The van der Waals surface area contributed by atoms with Gasteiger partial charge in [0.15, 0.2) is 0 Å². The first-order valence-corrected chi connectivity index (χ1v) is 8.97. The van der Waals surface area contributed by atoms with Gasteiger partial charge in [-0.15, -0.1) is 0 Å². The molecular weight excluding hydrogens is 370 g/mol. The Kier molecular flexibility index (Phi) is 4.87. The van der Waals surface area contributed by atoms with Crippen molar-refractivity contribution in [2.24, 2.45) is 0 Å². The Balaban J connectivity index is 1.47. The number of pyridine rings is 1. The summed E-state index contributed by atoms with van der Waals surface area (Å²) in [5.41, 5.74) is 2.61. The summed E-state index contributed by atoms with van der Waals surface area (Å²) in [5.74, 6) is -0.0853. The van der Waals surface area contributed by atoms with Crippen molar-refractivity contribution in [3.05, 3.63) is 53.3 Å². The third-order valence-electron chi connectivity index (χ3n) is 4.62. The van der Waals surface area contributed by atoms with E-state index in [0.29, 0.717) is 16.0 Å². The number of carbonyl (C=O) groups is 1. The molecule has 0 spiro atoms. The Morgan fingerprint density at radius 2 is 2.07 bits per heavy atom. The minimum atomic E-state index is -1.42. The van der Waals surface area contributed by atoms with Crippen LogP contribution in [0.25, 0.3) is 11.0 Å². The Morgan fingerprint density at radius 3 is 2.78 bits per heavy atom. The number of aromatic nitrogens is 1. The molecule has 3 aromatic rings. The Hall–Kier alpha value is -2.77. The number of rotatable bonds is 4. The van der Waals surface area contributed by atoms with E-state index in [1.54, 1.807) is 12.3 Å². The van der Waals surface area contributed by atoms with E-state index >= 15 is 0 Å². The average molecular weight is 388 g/mol. The molecule has 140 valence electrons. The first-order valence-electron chi connectivity index (χ1n) is 8.59. The maximum atomic E-state index is 10.7. The summed E-state index contributed by atoms with van der Waals surface area (Å²) in [6.07, 6.45) is 2.25. The van der Waals surface area contributed by atoms with E-state index in [0.717, 1.165) is 38.4 Å². The van der Waals surface area contributed by atoms with Gasteiger partial charge in [-0.25, -0.2) is 4.79 Å². The second kappa shape index (κ2) is 7.46. The summed E-state index contributed by atoms with van der Waals surface area (Å²) in [6, 6.07) is 9.23. The molecule has 1 aliphatic rings. The van der Waals surface area contributed by atoms with Gasteiger partial charge in [-0.1, -0.05) is 17.7 Å². The highest BCUT2D eigenvalue weighted by molar-refractivity contribution is 6.38. The van der Waals surface area contributed by atoms with Crippen LogP contribution in [0.5, 0.6) is 5.95 Å². The quantitative estimate of drug-likeness (QED) is 0.681. The van der Waals surface area contributed by atoms with E-state index in [9.17, 15) is 4.79 Å². The van der Waals surface area contributed by atoms with E-state index in [1.165, 1.54) is 11.6 Å². The molecule has 1 aliphatic heterocycles. The third kappa shape index (κ3) is 3.84. The second-order valence-electron chi connectivity index (χ2n) is 6.37. The monoisotopic (exact) mass is 387 g/mol. The fourth-order valence-corrected chi connectivity index (χ4v) is 3.65. The summed E-state index contributed by atoms with van der Waals surface area (Å²) in [6.45, 7) is 4.42. The van der Waals surface area contributed by atoms with E-state index in [2.05, 4.69) is 25.6 Å². The largest absolute Gasteiger partial charge is 0.513 e. The number of benzene rings is 1. The standard InChI is InChI=1S/C19H18ClN3O4/c20-18-14-10-17(27-19(24)25)26-16(14)4-3-15(18)23-8-6-22(7-9-23)12-13-2-1-5-21-11-13/h1-5,10-11H,6-9,12H2,(H,24,25). The number of fused-ring (bicyclic) bond motifs is 1. The van der Waals surface area contributed by atoms with E-state index in [4.69, 9.17) is 21.1 Å². The average Bonchev–Trinajstić information content (AvgIpc) is 3.06. The van der Waals surface area contributed by atoms with Crippen molar-refractivity contribution in [1.82, 2.24) is 9.88 Å². The van der Waals surface area contributed by atoms with Crippen LogP contribution in [-0.4, -0.2) is 47.3 Å². The number of nitrogens with zero attached hydrogens (tertiary/aromatic N) is 3. The van der Waals surface area contributed by atoms with Crippen molar-refractivity contribution in [2.75, 3.05) is 31.1 Å². The Morgan fingerprint density at radius 1 is 1.26 bits per heavy atom. The number of hydrogen-bond acceptors (Lipinski definition) is 6. The lowest BCUT2D eigenvalue weighted by Crippen LogP contribution is -2.46. The molecule has 1 N–H and O–H groups in total. The molecule has 1 aromatic carbocycles. The first kappa shape index (κ1) is 17.6. The molecule has 0 atom stereocenters. The maximum Gasteiger partial charge on any atom is 0.513 e. The first-order chi connectivity index (χ1) is 13.1. The van der Waals surface area contributed by atoms with Crippen molar-refractivity contribution in [3.63, 3.8) is 0 Å². The van der Waals surface area contributed by atoms with Gasteiger partial charge in [0, 0.05) is 56.6 Å². The molecule has 4 rings (SSSR count). The van der Waals surface area contributed by atoms with Gasteiger partial charge in [0.05, 0.1) is 10.7 Å². The Bertz CT molecular complexity index is 952. The third-order valence-corrected chi connectivity index (χ3v) is 5.02. The molecule has 0 unspecified atom stereocenters. The van der Waals surface area contributed by atoms with Crippen LogP contribution in [0.4, 0.5) is 10.5 Å². The second-order valence-corrected chi connectivity index (χ2v) is 6.75. The van der Waals surface area contributed by atoms with Crippen LogP contribution in [0, 0.1) is 0 Å². The summed E-state index contributed by atoms with van der Waals surface area (Å²) in [5, 5.41) is 9.90. The van der Waals surface area contributed by atoms with E-state index < -0.39 is 6.16 Å². The number of piperazine rings is 1. The SMILES string of the molecule is O=C(O)Oc1cc2c(Cl)c(N3CCN(Cc4cccnc4)CC3)ccc2o1. The number of halogens is 1. The minimum Gasteiger partial charge on any atom is -0.449 e. The zero-order chi connectivity index (χ0) is 18.8. The molecule has 3 heterocycles. The summed E-state index contributed by atoms with van der Waals surface area (Å²) < 4.78 is 9.94. The number of ether oxygens (including phenoxy) is 1. The van der Waals surface area contributed by atoms with Gasteiger partial charge >= 0.3 is 6.16 Å². The smallest absolute Gasteiger partial charge is 0.449 e. The fraction of sp³-hybridized carbons (Fsp3) is 0.263. The van der Waals surface area contributed by atoms with Crippen LogP contribution < -0.4 is 9.64 Å². The number of furan rings is 1. The molecule has 0 bridgehead atoms.